The third-order valence-corrected chi connectivity index (χ3v) is 5.14. The predicted octanol–water partition coefficient (Wildman–Crippen LogP) is 4.70. The van der Waals surface area contributed by atoms with E-state index in [1.807, 2.05) is 36.4 Å². The number of ketones is 1. The molecule has 0 bridgehead atoms. The molecule has 1 amide bonds. The number of ether oxygens (including phenoxy) is 2. The molecule has 6 nitrogen and oxygen atoms in total. The normalized spacial score (nSPS) is 13.2. The summed E-state index contributed by atoms with van der Waals surface area (Å²) in [5, 5.41) is 2.70. The highest BCUT2D eigenvalue weighted by Gasteiger charge is 2.35. The van der Waals surface area contributed by atoms with Gasteiger partial charge in [-0.2, -0.15) is 0 Å². The van der Waals surface area contributed by atoms with Crippen LogP contribution in [0.2, 0.25) is 0 Å². The number of para-hydroxylation sites is 2. The number of Topliss-reactive ketones (excluding diaryl/α,β-unsaturated/α-hetero) is 1. The molecule has 6 heteroatoms. The van der Waals surface area contributed by atoms with Crippen LogP contribution in [0, 0.1) is 0 Å². The Labute approximate surface area is 179 Å². The minimum Gasteiger partial charge on any atom is -0.457 e. The van der Waals surface area contributed by atoms with E-state index in [1.54, 1.807) is 36.4 Å². The van der Waals surface area contributed by atoms with Crippen molar-refractivity contribution in [1.82, 2.24) is 0 Å². The smallest absolute Gasteiger partial charge is 0.318 e. The average Bonchev–Trinajstić information content (AvgIpc) is 2.77. The molecule has 0 radical (unpaired) electrons. The van der Waals surface area contributed by atoms with Gasteiger partial charge in [0.2, 0.25) is 0 Å². The SMILES string of the molecule is CC(=O)c1ccc(NC(=O)C(C)OC(=O)C2c3ccccc3Oc3ccccc32)cc1. The Morgan fingerprint density at radius 2 is 1.42 bits per heavy atom. The lowest BCUT2D eigenvalue weighted by Crippen LogP contribution is -2.32. The maximum atomic E-state index is 13.1. The minimum atomic E-state index is -1.01. The van der Waals surface area contributed by atoms with Crippen LogP contribution in [0.5, 0.6) is 11.5 Å². The number of anilines is 1. The van der Waals surface area contributed by atoms with E-state index in [1.165, 1.54) is 13.8 Å². The van der Waals surface area contributed by atoms with E-state index in [9.17, 15) is 14.4 Å². The summed E-state index contributed by atoms with van der Waals surface area (Å²) in [4.78, 5) is 37.1. The zero-order valence-electron chi connectivity index (χ0n) is 17.1. The summed E-state index contributed by atoms with van der Waals surface area (Å²) in [6, 6.07) is 21.1. The van der Waals surface area contributed by atoms with Gasteiger partial charge in [-0.25, -0.2) is 0 Å². The standard InChI is InChI=1S/C25H21NO5/c1-15(27)17-11-13-18(14-12-17)26-24(28)16(2)30-25(29)23-19-7-3-5-9-21(19)31-22-10-6-4-8-20(22)23/h3-14,16,23H,1-2H3,(H,26,28). The van der Waals surface area contributed by atoms with Crippen molar-refractivity contribution in [2.75, 3.05) is 5.32 Å². The highest BCUT2D eigenvalue weighted by molar-refractivity contribution is 5.97. The molecule has 0 fully saturated rings. The number of hydrogen-bond acceptors (Lipinski definition) is 5. The molecular formula is C25H21NO5. The molecule has 0 saturated carbocycles. The van der Waals surface area contributed by atoms with Crippen LogP contribution in [0.4, 0.5) is 5.69 Å². The molecule has 3 aromatic carbocycles. The molecule has 3 aromatic rings. The van der Waals surface area contributed by atoms with Crippen LogP contribution in [-0.2, 0) is 14.3 Å². The molecule has 1 heterocycles. The zero-order chi connectivity index (χ0) is 22.0. The third kappa shape index (κ3) is 4.19. The summed E-state index contributed by atoms with van der Waals surface area (Å²) >= 11 is 0. The number of carbonyl (C=O) groups is 3. The Bertz CT molecular complexity index is 1110. The number of nitrogens with one attached hydrogen (secondary N) is 1. The van der Waals surface area contributed by atoms with Gasteiger partial charge in [0.05, 0.1) is 0 Å². The van der Waals surface area contributed by atoms with Gasteiger partial charge in [-0.05, 0) is 50.2 Å². The second kappa shape index (κ2) is 8.44. The fourth-order valence-electron chi connectivity index (χ4n) is 3.49. The summed E-state index contributed by atoms with van der Waals surface area (Å²) < 4.78 is 11.4. The second-order valence-corrected chi connectivity index (χ2v) is 7.31. The van der Waals surface area contributed by atoms with Gasteiger partial charge in [0.15, 0.2) is 11.9 Å². The maximum Gasteiger partial charge on any atom is 0.318 e. The lowest BCUT2D eigenvalue weighted by Gasteiger charge is -2.27. The Balaban J connectivity index is 1.50. The average molecular weight is 415 g/mol. The first-order chi connectivity index (χ1) is 14.9. The monoisotopic (exact) mass is 415 g/mol. The highest BCUT2D eigenvalue weighted by Crippen LogP contribution is 2.44. The molecular weight excluding hydrogens is 394 g/mol. The summed E-state index contributed by atoms with van der Waals surface area (Å²) in [6.07, 6.45) is -1.01. The van der Waals surface area contributed by atoms with E-state index in [4.69, 9.17) is 9.47 Å². The van der Waals surface area contributed by atoms with Crippen LogP contribution >= 0.6 is 0 Å². The third-order valence-electron chi connectivity index (χ3n) is 5.14. The lowest BCUT2D eigenvalue weighted by molar-refractivity contribution is -0.153. The number of rotatable bonds is 5. The minimum absolute atomic E-state index is 0.0581. The number of benzene rings is 3. The number of hydrogen-bond donors (Lipinski definition) is 1. The maximum absolute atomic E-state index is 13.1. The van der Waals surface area contributed by atoms with E-state index >= 15 is 0 Å². The number of fused-ring (bicyclic) bond motifs is 2. The summed E-state index contributed by atoms with van der Waals surface area (Å²) in [7, 11) is 0. The van der Waals surface area contributed by atoms with Crippen LogP contribution in [-0.4, -0.2) is 23.8 Å². The molecule has 156 valence electrons. The highest BCUT2D eigenvalue weighted by atomic mass is 16.5. The summed E-state index contributed by atoms with van der Waals surface area (Å²) in [5.74, 6) is -0.560. The van der Waals surface area contributed by atoms with Gasteiger partial charge in [-0.1, -0.05) is 36.4 Å². The van der Waals surface area contributed by atoms with Gasteiger partial charge in [0.1, 0.15) is 17.4 Å². The van der Waals surface area contributed by atoms with Gasteiger partial charge in [0, 0.05) is 22.4 Å². The van der Waals surface area contributed by atoms with Crippen LogP contribution in [0.25, 0.3) is 0 Å². The first-order valence-corrected chi connectivity index (χ1v) is 9.92. The fourth-order valence-corrected chi connectivity index (χ4v) is 3.49. The molecule has 4 rings (SSSR count). The molecule has 1 aliphatic rings. The van der Waals surface area contributed by atoms with E-state index in [2.05, 4.69) is 5.32 Å². The molecule has 0 aliphatic carbocycles. The van der Waals surface area contributed by atoms with Crippen molar-refractivity contribution >= 4 is 23.3 Å². The van der Waals surface area contributed by atoms with Crippen molar-refractivity contribution in [3.8, 4) is 11.5 Å². The first-order valence-electron chi connectivity index (χ1n) is 9.92. The number of esters is 1. The van der Waals surface area contributed by atoms with Crippen LogP contribution in [0.15, 0.2) is 72.8 Å². The predicted molar refractivity (Wildman–Crippen MR) is 115 cm³/mol. The van der Waals surface area contributed by atoms with Gasteiger partial charge >= 0.3 is 5.97 Å². The lowest BCUT2D eigenvalue weighted by atomic mass is 9.88. The molecule has 0 spiro atoms. The van der Waals surface area contributed by atoms with Crippen molar-refractivity contribution in [3.63, 3.8) is 0 Å². The Morgan fingerprint density at radius 3 is 1.97 bits per heavy atom. The Morgan fingerprint density at radius 1 is 0.871 bits per heavy atom. The molecule has 0 aromatic heterocycles. The van der Waals surface area contributed by atoms with E-state index in [0.29, 0.717) is 33.9 Å². The quantitative estimate of drug-likeness (QED) is 0.483. The van der Waals surface area contributed by atoms with Crippen molar-refractivity contribution in [2.45, 2.75) is 25.9 Å². The second-order valence-electron chi connectivity index (χ2n) is 7.31. The Kier molecular flexibility index (Phi) is 5.54. The van der Waals surface area contributed by atoms with Gasteiger partial charge in [-0.3, -0.25) is 14.4 Å². The molecule has 1 unspecified atom stereocenters. The van der Waals surface area contributed by atoms with Gasteiger partial charge < -0.3 is 14.8 Å². The largest absolute Gasteiger partial charge is 0.457 e. The number of carbonyl (C=O) groups excluding carboxylic acids is 3. The molecule has 31 heavy (non-hydrogen) atoms. The fraction of sp³-hybridized carbons (Fsp3) is 0.160. The zero-order valence-corrected chi connectivity index (χ0v) is 17.1. The Hall–Kier alpha value is -3.93. The molecule has 1 atom stereocenters. The van der Waals surface area contributed by atoms with Crippen LogP contribution < -0.4 is 10.1 Å². The van der Waals surface area contributed by atoms with E-state index in [0.717, 1.165) is 0 Å². The summed E-state index contributed by atoms with van der Waals surface area (Å²) in [5.41, 5.74) is 2.45. The number of amides is 1. The van der Waals surface area contributed by atoms with Crippen molar-refractivity contribution in [3.05, 3.63) is 89.5 Å². The van der Waals surface area contributed by atoms with Crippen LogP contribution in [0.1, 0.15) is 41.3 Å². The van der Waals surface area contributed by atoms with Crippen molar-refractivity contribution < 1.29 is 23.9 Å². The van der Waals surface area contributed by atoms with E-state index in [-0.39, 0.29) is 5.78 Å². The summed E-state index contributed by atoms with van der Waals surface area (Å²) in [6.45, 7) is 3.00. The van der Waals surface area contributed by atoms with Crippen LogP contribution in [0.3, 0.4) is 0 Å². The topological polar surface area (TPSA) is 81.7 Å². The van der Waals surface area contributed by atoms with Crippen molar-refractivity contribution in [2.24, 2.45) is 0 Å². The van der Waals surface area contributed by atoms with Gasteiger partial charge in [-0.15, -0.1) is 0 Å². The molecule has 1 N–H and O–H groups in total. The van der Waals surface area contributed by atoms with Gasteiger partial charge in [0.25, 0.3) is 5.91 Å². The van der Waals surface area contributed by atoms with E-state index < -0.39 is 23.9 Å². The first kappa shape index (κ1) is 20.3. The molecule has 1 aliphatic heterocycles. The molecule has 0 saturated heterocycles. The van der Waals surface area contributed by atoms with Crippen molar-refractivity contribution in [1.29, 1.82) is 0 Å².